The van der Waals surface area contributed by atoms with Crippen molar-refractivity contribution in [1.82, 2.24) is 0 Å². The zero-order valence-corrected chi connectivity index (χ0v) is 5.69. The van der Waals surface area contributed by atoms with Gasteiger partial charge < -0.3 is 11.2 Å². The molecule has 0 heterocycles. The van der Waals surface area contributed by atoms with Crippen molar-refractivity contribution in [3.8, 4) is 0 Å². The molecule has 0 aromatic heterocycles. The number of hydrogen-bond acceptors (Lipinski definition) is 1. The molecule has 0 bridgehead atoms. The summed E-state index contributed by atoms with van der Waals surface area (Å²) in [7, 11) is 0. The van der Waals surface area contributed by atoms with Crippen LogP contribution in [-0.2, 0) is 0 Å². The Kier molecular flexibility index (Phi) is 6.68. The summed E-state index contributed by atoms with van der Waals surface area (Å²) in [5.41, 5.74) is 6.18. The first-order valence-electron chi connectivity index (χ1n) is 2.20. The zero-order valence-electron chi connectivity index (χ0n) is 4.87. The van der Waals surface area contributed by atoms with E-state index in [0.717, 1.165) is 5.69 Å². The second-order valence-corrected chi connectivity index (χ2v) is 1.41. The Morgan fingerprint density at radius 1 is 1.00 bits per heavy atom. The average Bonchev–Trinajstić information content (AvgIpc) is 1.69. The highest BCUT2D eigenvalue weighted by molar-refractivity contribution is 5.85. The van der Waals surface area contributed by atoms with Crippen LogP contribution in [0.5, 0.6) is 0 Å². The number of anilines is 1. The van der Waals surface area contributed by atoms with Gasteiger partial charge in [-0.15, -0.1) is 12.4 Å². The maximum atomic E-state index is 5.36. The first-order chi connectivity index (χ1) is 3.39. The van der Waals surface area contributed by atoms with Gasteiger partial charge in [0.2, 0.25) is 0 Å². The molecule has 0 aliphatic carbocycles. The second-order valence-electron chi connectivity index (χ2n) is 1.41. The lowest BCUT2D eigenvalue weighted by atomic mass is 10.3. The van der Waals surface area contributed by atoms with E-state index in [9.17, 15) is 0 Å². The first kappa shape index (κ1) is 11.1. The van der Waals surface area contributed by atoms with E-state index in [0.29, 0.717) is 0 Å². The van der Waals surface area contributed by atoms with Gasteiger partial charge in [-0.05, 0) is 12.1 Å². The largest absolute Gasteiger partial charge is 0.412 e. The third-order valence-corrected chi connectivity index (χ3v) is 0.800. The summed E-state index contributed by atoms with van der Waals surface area (Å²) in [4.78, 5) is 0. The Morgan fingerprint density at radius 3 is 1.67 bits per heavy atom. The lowest BCUT2D eigenvalue weighted by molar-refractivity contribution is 0.824. The third kappa shape index (κ3) is 3.82. The number of para-hydroxylation sites is 1. The molecule has 1 aromatic rings. The Labute approximate surface area is 60.4 Å². The van der Waals surface area contributed by atoms with E-state index in [1.54, 1.807) is 0 Å². The van der Waals surface area contributed by atoms with Gasteiger partial charge in [0.1, 0.15) is 0 Å². The van der Waals surface area contributed by atoms with Crippen LogP contribution < -0.4 is 5.73 Å². The fourth-order valence-corrected chi connectivity index (χ4v) is 0.453. The van der Waals surface area contributed by atoms with E-state index in [1.807, 2.05) is 30.3 Å². The fraction of sp³-hybridized carbons (Fsp3) is 0. The Hall–Kier alpha value is -0.730. The number of halogens is 1. The van der Waals surface area contributed by atoms with Gasteiger partial charge in [0.25, 0.3) is 0 Å². The highest BCUT2D eigenvalue weighted by Gasteiger charge is 1.72. The van der Waals surface area contributed by atoms with Crippen molar-refractivity contribution in [3.05, 3.63) is 30.3 Å². The molecule has 0 radical (unpaired) electrons. The summed E-state index contributed by atoms with van der Waals surface area (Å²) in [5, 5.41) is 0. The normalized spacial score (nSPS) is 6.67. The molecule has 0 fully saturated rings. The van der Waals surface area contributed by atoms with Crippen LogP contribution in [0.2, 0.25) is 0 Å². The Balaban J connectivity index is 0. The average molecular weight is 148 g/mol. The van der Waals surface area contributed by atoms with Gasteiger partial charge in [-0.25, -0.2) is 0 Å². The molecule has 1 rings (SSSR count). The number of rotatable bonds is 0. The van der Waals surface area contributed by atoms with Gasteiger partial charge in [-0.1, -0.05) is 18.2 Å². The lowest BCUT2D eigenvalue weighted by Crippen LogP contribution is -1.79. The molecular weight excluding hydrogens is 138 g/mol. The molecule has 4 N–H and O–H groups in total. The predicted molar refractivity (Wildman–Crippen MR) is 41.7 cm³/mol. The van der Waals surface area contributed by atoms with Crippen molar-refractivity contribution < 1.29 is 5.48 Å². The molecule has 0 atom stereocenters. The molecule has 0 saturated heterocycles. The molecule has 0 aliphatic heterocycles. The minimum Gasteiger partial charge on any atom is -0.412 e. The van der Waals surface area contributed by atoms with Crippen LogP contribution >= 0.6 is 12.4 Å². The van der Waals surface area contributed by atoms with Crippen LogP contribution in [0.1, 0.15) is 0 Å². The van der Waals surface area contributed by atoms with Gasteiger partial charge in [0.05, 0.1) is 0 Å². The maximum Gasteiger partial charge on any atom is 0.0313 e. The SMILES string of the molecule is Cl.Nc1ccccc1.O. The third-order valence-electron chi connectivity index (χ3n) is 0.800. The van der Waals surface area contributed by atoms with Gasteiger partial charge in [-0.2, -0.15) is 0 Å². The number of nitrogens with two attached hydrogens (primary N) is 1. The van der Waals surface area contributed by atoms with Gasteiger partial charge in [-0.3, -0.25) is 0 Å². The van der Waals surface area contributed by atoms with Crippen LogP contribution in [0.15, 0.2) is 30.3 Å². The molecule has 0 amide bonds. The standard InChI is InChI=1S/C6H7N.ClH.H2O/c7-6-4-2-1-3-5-6;;/h1-5H,7H2;1H;1H2. The molecular formula is C6H10ClNO. The second kappa shape index (κ2) is 5.41. The number of hydrogen-bond donors (Lipinski definition) is 1. The van der Waals surface area contributed by atoms with Crippen molar-refractivity contribution in [2.45, 2.75) is 0 Å². The minimum absolute atomic E-state index is 0. The van der Waals surface area contributed by atoms with E-state index in [2.05, 4.69) is 0 Å². The van der Waals surface area contributed by atoms with Crippen LogP contribution in [-0.4, -0.2) is 5.48 Å². The highest BCUT2D eigenvalue weighted by atomic mass is 35.5. The smallest absolute Gasteiger partial charge is 0.0313 e. The molecule has 0 spiro atoms. The molecule has 0 unspecified atom stereocenters. The predicted octanol–water partition coefficient (Wildman–Crippen LogP) is 0.866. The molecule has 0 saturated carbocycles. The summed E-state index contributed by atoms with van der Waals surface area (Å²) in [6.07, 6.45) is 0. The quantitative estimate of drug-likeness (QED) is 0.544. The van der Waals surface area contributed by atoms with E-state index in [4.69, 9.17) is 5.73 Å². The molecule has 1 aromatic carbocycles. The van der Waals surface area contributed by atoms with Crippen LogP contribution in [0.4, 0.5) is 5.69 Å². The van der Waals surface area contributed by atoms with E-state index in [-0.39, 0.29) is 17.9 Å². The summed E-state index contributed by atoms with van der Waals surface area (Å²) >= 11 is 0. The molecule has 9 heavy (non-hydrogen) atoms. The monoisotopic (exact) mass is 147 g/mol. The highest BCUT2D eigenvalue weighted by Crippen LogP contribution is 1.95. The van der Waals surface area contributed by atoms with E-state index < -0.39 is 0 Å². The molecule has 3 heteroatoms. The number of nitrogen functional groups attached to an aromatic ring is 1. The molecule has 0 aliphatic rings. The van der Waals surface area contributed by atoms with Crippen LogP contribution in [0.3, 0.4) is 0 Å². The van der Waals surface area contributed by atoms with Gasteiger partial charge in [0.15, 0.2) is 0 Å². The zero-order chi connectivity index (χ0) is 5.11. The Morgan fingerprint density at radius 2 is 1.44 bits per heavy atom. The van der Waals surface area contributed by atoms with Crippen molar-refractivity contribution >= 4 is 18.1 Å². The maximum absolute atomic E-state index is 5.36. The summed E-state index contributed by atoms with van der Waals surface area (Å²) in [6, 6.07) is 9.49. The lowest BCUT2D eigenvalue weighted by Gasteiger charge is -1.83. The van der Waals surface area contributed by atoms with Crippen molar-refractivity contribution in [2.24, 2.45) is 0 Å². The van der Waals surface area contributed by atoms with Crippen LogP contribution in [0, 0.1) is 0 Å². The van der Waals surface area contributed by atoms with E-state index >= 15 is 0 Å². The van der Waals surface area contributed by atoms with Crippen molar-refractivity contribution in [1.29, 1.82) is 0 Å². The molecule has 52 valence electrons. The van der Waals surface area contributed by atoms with E-state index in [1.165, 1.54) is 0 Å². The van der Waals surface area contributed by atoms with Gasteiger partial charge in [0, 0.05) is 5.69 Å². The van der Waals surface area contributed by atoms with Crippen molar-refractivity contribution in [2.75, 3.05) is 5.73 Å². The summed E-state index contributed by atoms with van der Waals surface area (Å²) in [5.74, 6) is 0. The first-order valence-corrected chi connectivity index (χ1v) is 2.20. The Bertz CT molecular complexity index is 143. The number of benzene rings is 1. The fourth-order valence-electron chi connectivity index (χ4n) is 0.453. The summed E-state index contributed by atoms with van der Waals surface area (Å²) in [6.45, 7) is 0. The topological polar surface area (TPSA) is 57.5 Å². The minimum atomic E-state index is 0. The summed E-state index contributed by atoms with van der Waals surface area (Å²) < 4.78 is 0. The molecule has 2 nitrogen and oxygen atoms in total. The van der Waals surface area contributed by atoms with Gasteiger partial charge >= 0.3 is 0 Å². The van der Waals surface area contributed by atoms with Crippen LogP contribution in [0.25, 0.3) is 0 Å². The van der Waals surface area contributed by atoms with Crippen molar-refractivity contribution in [3.63, 3.8) is 0 Å².